The normalized spacial score (nSPS) is 10.2. The molecule has 20 heavy (non-hydrogen) atoms. The number of halogens is 1. The number of benzene rings is 2. The molecule has 0 unspecified atom stereocenters. The minimum atomic E-state index is 0.361. The Morgan fingerprint density at radius 2 is 2.00 bits per heavy atom. The van der Waals surface area contributed by atoms with Crippen molar-refractivity contribution in [3.05, 3.63) is 58.1 Å². The number of carbonyl (C=O) groups is 1. The van der Waals surface area contributed by atoms with E-state index >= 15 is 0 Å². The molecule has 0 N–H and O–H groups in total. The summed E-state index contributed by atoms with van der Waals surface area (Å²) in [5.74, 6) is 0.899. The summed E-state index contributed by atoms with van der Waals surface area (Å²) in [5, 5.41) is 0.361. The first-order valence-corrected chi connectivity index (χ1v) is 6.53. The van der Waals surface area contributed by atoms with Crippen molar-refractivity contribution in [2.75, 3.05) is 7.11 Å². The number of hydrogen-bond donors (Lipinski definition) is 0. The van der Waals surface area contributed by atoms with E-state index in [1.165, 1.54) is 7.11 Å². The van der Waals surface area contributed by atoms with E-state index in [9.17, 15) is 4.79 Å². The van der Waals surface area contributed by atoms with E-state index in [0.29, 0.717) is 28.7 Å². The number of hydrogen-bond acceptors (Lipinski definition) is 3. The molecule has 0 aromatic heterocycles. The maximum atomic E-state index is 10.8. The fourth-order valence-electron chi connectivity index (χ4n) is 1.87. The molecule has 0 spiro atoms. The molecule has 0 aliphatic carbocycles. The number of rotatable bonds is 5. The molecule has 0 saturated carbocycles. The second kappa shape index (κ2) is 6.44. The summed E-state index contributed by atoms with van der Waals surface area (Å²) in [6.07, 6.45) is 0.722. The fraction of sp³-hybridized carbons (Fsp3) is 0.188. The van der Waals surface area contributed by atoms with E-state index in [4.69, 9.17) is 21.1 Å². The van der Waals surface area contributed by atoms with E-state index in [1.807, 2.05) is 31.2 Å². The van der Waals surface area contributed by atoms with Crippen molar-refractivity contribution in [3.8, 4) is 11.5 Å². The first kappa shape index (κ1) is 14.4. The van der Waals surface area contributed by atoms with Gasteiger partial charge < -0.3 is 9.47 Å². The van der Waals surface area contributed by atoms with Crippen molar-refractivity contribution in [2.24, 2.45) is 0 Å². The molecular weight excluding hydrogens is 276 g/mol. The molecule has 0 amide bonds. The van der Waals surface area contributed by atoms with Crippen molar-refractivity contribution in [1.29, 1.82) is 0 Å². The molecule has 0 bridgehead atoms. The molecule has 0 heterocycles. The molecule has 0 aliphatic heterocycles. The maximum Gasteiger partial charge on any atom is 0.180 e. The van der Waals surface area contributed by atoms with Gasteiger partial charge in [-0.25, -0.2) is 0 Å². The van der Waals surface area contributed by atoms with Crippen LogP contribution >= 0.6 is 11.6 Å². The quantitative estimate of drug-likeness (QED) is 0.779. The second-order valence-corrected chi connectivity index (χ2v) is 4.77. The van der Waals surface area contributed by atoms with Crippen LogP contribution in [0, 0.1) is 6.92 Å². The lowest BCUT2D eigenvalue weighted by Gasteiger charge is -2.14. The number of methoxy groups -OCH3 is 1. The molecule has 4 heteroatoms. The maximum absolute atomic E-state index is 10.8. The van der Waals surface area contributed by atoms with Crippen LogP contribution in [0.5, 0.6) is 11.5 Å². The summed E-state index contributed by atoms with van der Waals surface area (Å²) in [7, 11) is 1.51. The van der Waals surface area contributed by atoms with Gasteiger partial charge in [0.05, 0.1) is 12.1 Å². The monoisotopic (exact) mass is 290 g/mol. The van der Waals surface area contributed by atoms with E-state index in [2.05, 4.69) is 0 Å². The Kier molecular flexibility index (Phi) is 4.64. The van der Waals surface area contributed by atoms with Crippen LogP contribution in [0.1, 0.15) is 21.5 Å². The summed E-state index contributed by atoms with van der Waals surface area (Å²) < 4.78 is 11.0. The minimum Gasteiger partial charge on any atom is -0.493 e. The van der Waals surface area contributed by atoms with Crippen LogP contribution in [0.15, 0.2) is 36.4 Å². The predicted molar refractivity (Wildman–Crippen MR) is 78.9 cm³/mol. The van der Waals surface area contributed by atoms with Gasteiger partial charge in [0.15, 0.2) is 11.5 Å². The first-order valence-electron chi connectivity index (χ1n) is 6.15. The van der Waals surface area contributed by atoms with Gasteiger partial charge in [0.25, 0.3) is 0 Å². The molecule has 2 aromatic carbocycles. The van der Waals surface area contributed by atoms with Crippen molar-refractivity contribution < 1.29 is 14.3 Å². The smallest absolute Gasteiger partial charge is 0.180 e. The average Bonchev–Trinajstić information content (AvgIpc) is 2.46. The molecule has 0 aliphatic rings. The van der Waals surface area contributed by atoms with Crippen molar-refractivity contribution >= 4 is 17.9 Å². The van der Waals surface area contributed by atoms with Crippen molar-refractivity contribution in [1.82, 2.24) is 0 Å². The number of aldehydes is 1. The third-order valence-electron chi connectivity index (χ3n) is 3.02. The SMILES string of the molecule is COc1cc(C=O)cc(Cl)c1OCc1ccccc1C. The zero-order valence-electron chi connectivity index (χ0n) is 11.4. The summed E-state index contributed by atoms with van der Waals surface area (Å²) in [6.45, 7) is 2.41. The van der Waals surface area contributed by atoms with E-state index in [0.717, 1.165) is 17.4 Å². The summed E-state index contributed by atoms with van der Waals surface area (Å²) in [5.41, 5.74) is 2.67. The van der Waals surface area contributed by atoms with Gasteiger partial charge in [-0.3, -0.25) is 4.79 Å². The second-order valence-electron chi connectivity index (χ2n) is 4.37. The lowest BCUT2D eigenvalue weighted by molar-refractivity contribution is 0.112. The van der Waals surface area contributed by atoms with E-state index in [-0.39, 0.29) is 0 Å². The highest BCUT2D eigenvalue weighted by Crippen LogP contribution is 2.36. The Balaban J connectivity index is 2.25. The molecule has 0 atom stereocenters. The van der Waals surface area contributed by atoms with Crippen LogP contribution in [0.2, 0.25) is 5.02 Å². The highest BCUT2D eigenvalue weighted by Gasteiger charge is 2.12. The first-order chi connectivity index (χ1) is 9.65. The highest BCUT2D eigenvalue weighted by atomic mass is 35.5. The van der Waals surface area contributed by atoms with Crippen LogP contribution in [-0.4, -0.2) is 13.4 Å². The van der Waals surface area contributed by atoms with Crippen LogP contribution in [0.4, 0.5) is 0 Å². The van der Waals surface area contributed by atoms with Crippen molar-refractivity contribution in [3.63, 3.8) is 0 Å². The van der Waals surface area contributed by atoms with Gasteiger partial charge in [-0.05, 0) is 30.2 Å². The van der Waals surface area contributed by atoms with Crippen LogP contribution < -0.4 is 9.47 Å². The zero-order chi connectivity index (χ0) is 14.5. The number of carbonyl (C=O) groups excluding carboxylic acids is 1. The zero-order valence-corrected chi connectivity index (χ0v) is 12.1. The molecule has 0 fully saturated rings. The Bertz CT molecular complexity index is 623. The molecular formula is C16H15ClO3. The Labute approximate surface area is 123 Å². The van der Waals surface area contributed by atoms with Gasteiger partial charge in [0.1, 0.15) is 12.9 Å². The van der Waals surface area contributed by atoms with Crippen LogP contribution in [0.25, 0.3) is 0 Å². The fourth-order valence-corrected chi connectivity index (χ4v) is 2.14. The largest absolute Gasteiger partial charge is 0.493 e. The topological polar surface area (TPSA) is 35.5 Å². The highest BCUT2D eigenvalue weighted by molar-refractivity contribution is 6.32. The van der Waals surface area contributed by atoms with Gasteiger partial charge in [-0.1, -0.05) is 35.9 Å². The third-order valence-corrected chi connectivity index (χ3v) is 3.30. The lowest BCUT2D eigenvalue weighted by Crippen LogP contribution is -2.00. The number of aryl methyl sites for hydroxylation is 1. The Morgan fingerprint density at radius 1 is 1.25 bits per heavy atom. The Hall–Kier alpha value is -2.00. The van der Waals surface area contributed by atoms with Crippen LogP contribution in [-0.2, 0) is 6.61 Å². The standard InChI is InChI=1S/C16H15ClO3/c1-11-5-3-4-6-13(11)10-20-16-14(17)7-12(9-18)8-15(16)19-2/h3-9H,10H2,1-2H3. The van der Waals surface area contributed by atoms with Gasteiger partial charge in [0.2, 0.25) is 0 Å². The molecule has 104 valence electrons. The Morgan fingerprint density at radius 3 is 2.65 bits per heavy atom. The molecule has 3 nitrogen and oxygen atoms in total. The van der Waals surface area contributed by atoms with E-state index in [1.54, 1.807) is 12.1 Å². The van der Waals surface area contributed by atoms with Gasteiger partial charge in [-0.2, -0.15) is 0 Å². The minimum absolute atomic E-state index is 0.361. The van der Waals surface area contributed by atoms with Gasteiger partial charge >= 0.3 is 0 Å². The van der Waals surface area contributed by atoms with Crippen LogP contribution in [0.3, 0.4) is 0 Å². The van der Waals surface area contributed by atoms with Gasteiger partial charge in [-0.15, -0.1) is 0 Å². The van der Waals surface area contributed by atoms with Crippen molar-refractivity contribution in [2.45, 2.75) is 13.5 Å². The third kappa shape index (κ3) is 3.11. The van der Waals surface area contributed by atoms with Gasteiger partial charge in [0, 0.05) is 5.56 Å². The van der Waals surface area contributed by atoms with E-state index < -0.39 is 0 Å². The molecule has 2 aromatic rings. The lowest BCUT2D eigenvalue weighted by atomic mass is 10.1. The molecule has 0 radical (unpaired) electrons. The average molecular weight is 291 g/mol. The summed E-state index contributed by atoms with van der Waals surface area (Å²) in [6, 6.07) is 11.1. The summed E-state index contributed by atoms with van der Waals surface area (Å²) >= 11 is 6.13. The summed E-state index contributed by atoms with van der Waals surface area (Å²) in [4.78, 5) is 10.8. The number of ether oxygens (including phenoxy) is 2. The molecule has 2 rings (SSSR count). The predicted octanol–water partition coefficient (Wildman–Crippen LogP) is 4.05. The molecule has 0 saturated heterocycles.